The maximum Gasteiger partial charge on any atom is 1.00 e. The van der Waals surface area contributed by atoms with E-state index >= 15 is 0 Å². The molecule has 0 aromatic heterocycles. The van der Waals surface area contributed by atoms with Gasteiger partial charge in [-0.2, -0.15) is 0 Å². The van der Waals surface area contributed by atoms with Crippen LogP contribution in [0.3, 0.4) is 0 Å². The van der Waals surface area contributed by atoms with E-state index in [-0.39, 0.29) is 51.4 Å². The van der Waals surface area contributed by atoms with Crippen molar-refractivity contribution in [1.82, 2.24) is 0 Å². The van der Waals surface area contributed by atoms with Crippen LogP contribution in [-0.2, 0) is 4.74 Å². The van der Waals surface area contributed by atoms with Gasteiger partial charge in [-0.25, -0.2) is 9.18 Å². The molecule has 82 valence electrons. The van der Waals surface area contributed by atoms with Crippen molar-refractivity contribution in [3.8, 4) is 0 Å². The molecule has 0 aliphatic carbocycles. The van der Waals surface area contributed by atoms with E-state index in [4.69, 9.17) is 0 Å². The fraction of sp³-hybridized carbons (Fsp3) is 0.125. The molecule has 0 heterocycles. The molecule has 1 aromatic carbocycles. The Balaban J connectivity index is 0.00000225. The molecule has 2 nitrogen and oxygen atoms in total. The summed E-state index contributed by atoms with van der Waals surface area (Å²) in [5.41, 5.74) is -2.13. The Kier molecular flexibility index (Phi) is 6.20. The number of rotatable bonds is 2. The molecule has 0 saturated carbocycles. The second-order valence-electron chi connectivity index (χ2n) is 2.78. The number of benzene rings is 1. The maximum absolute atomic E-state index is 13.2. The quantitative estimate of drug-likeness (QED) is 0.374. The summed E-state index contributed by atoms with van der Waals surface area (Å²) in [6.45, 7) is -5.47. The fourth-order valence-electron chi connectivity index (χ4n) is 1.07. The van der Waals surface area contributed by atoms with Gasteiger partial charge in [-0.3, -0.25) is 0 Å². The van der Waals surface area contributed by atoms with Crippen LogP contribution in [0.25, 0.3) is 0 Å². The Morgan fingerprint density at radius 2 is 1.88 bits per heavy atom. The molecule has 0 spiro atoms. The van der Waals surface area contributed by atoms with Gasteiger partial charge in [-0.1, -0.05) is 17.6 Å². The maximum atomic E-state index is 13.2. The fourth-order valence-corrected chi connectivity index (χ4v) is 1.07. The summed E-state index contributed by atoms with van der Waals surface area (Å²) in [4.78, 5) is 10.9. The third kappa shape index (κ3) is 3.56. The van der Waals surface area contributed by atoms with Gasteiger partial charge in [-0.05, 0) is 6.07 Å². The summed E-state index contributed by atoms with van der Waals surface area (Å²) in [6, 6.07) is 2.48. The van der Waals surface area contributed by atoms with Crippen LogP contribution in [0.4, 0.5) is 17.3 Å². The summed E-state index contributed by atoms with van der Waals surface area (Å²) >= 11 is 0. The van der Waals surface area contributed by atoms with E-state index in [0.29, 0.717) is 6.07 Å². The summed E-state index contributed by atoms with van der Waals surface area (Å²) in [5.74, 6) is -2.72. The largest absolute Gasteiger partial charge is 1.00 e. The van der Waals surface area contributed by atoms with E-state index in [9.17, 15) is 22.1 Å². The number of halogens is 4. The zero-order valence-electron chi connectivity index (χ0n) is 8.64. The second kappa shape index (κ2) is 6.15. The number of esters is 1. The molecular weight excluding hydrogens is 254 g/mol. The number of carbonyl (C=O) groups is 1. The smallest absolute Gasteiger partial charge is 0.465 e. The first kappa shape index (κ1) is 16.1. The van der Waals surface area contributed by atoms with Crippen LogP contribution in [0.2, 0.25) is 0 Å². The first-order valence-corrected chi connectivity index (χ1v) is 3.94. The van der Waals surface area contributed by atoms with Crippen LogP contribution < -0.4 is 56.8 Å². The Morgan fingerprint density at radius 3 is 2.31 bits per heavy atom. The van der Waals surface area contributed by atoms with Crippen molar-refractivity contribution in [3.05, 3.63) is 29.6 Å². The Labute approximate surface area is 132 Å². The number of hydrogen-bond donors (Lipinski definition) is 0. The predicted molar refractivity (Wildman–Crippen MR) is 46.5 cm³/mol. The van der Waals surface area contributed by atoms with Gasteiger partial charge in [0.2, 0.25) is 0 Å². The summed E-state index contributed by atoms with van der Waals surface area (Å²) < 4.78 is 54.1. The molecule has 1 rings (SSSR count). The van der Waals surface area contributed by atoms with Gasteiger partial charge in [0, 0.05) is 0 Å². The molecule has 0 radical (unpaired) electrons. The van der Waals surface area contributed by atoms with Gasteiger partial charge in [-0.15, -0.1) is 0 Å². The first-order valence-electron chi connectivity index (χ1n) is 3.94. The second-order valence-corrected chi connectivity index (χ2v) is 2.78. The van der Waals surface area contributed by atoms with Crippen LogP contribution in [0.5, 0.6) is 0 Å². The van der Waals surface area contributed by atoms with Crippen molar-refractivity contribution >= 4 is 18.4 Å². The standard InChI is InChI=1S/C8H6BF4O2.K/c1-15-8(14)5-3-2-4-6(7(5)10)9(11,12)13;/h2-4H,1H3;/q-1;+1. The third-order valence-corrected chi connectivity index (χ3v) is 1.79. The van der Waals surface area contributed by atoms with Gasteiger partial charge in [0.25, 0.3) is 0 Å². The molecule has 0 aliphatic rings. The molecule has 0 amide bonds. The average Bonchev–Trinajstić information content (AvgIpc) is 2.15. The monoisotopic (exact) mass is 260 g/mol. The van der Waals surface area contributed by atoms with Crippen LogP contribution in [0.1, 0.15) is 10.4 Å². The zero-order valence-corrected chi connectivity index (χ0v) is 11.8. The van der Waals surface area contributed by atoms with Gasteiger partial charge in [0.1, 0.15) is 5.82 Å². The predicted octanol–water partition coefficient (Wildman–Crippen LogP) is -1.33. The van der Waals surface area contributed by atoms with Crippen LogP contribution in [-0.4, -0.2) is 20.1 Å². The average molecular weight is 260 g/mol. The molecule has 16 heavy (non-hydrogen) atoms. The van der Waals surface area contributed by atoms with Gasteiger partial charge >= 0.3 is 64.3 Å². The van der Waals surface area contributed by atoms with Crippen molar-refractivity contribution in [2.75, 3.05) is 7.11 Å². The van der Waals surface area contributed by atoms with E-state index in [1.165, 1.54) is 0 Å². The van der Waals surface area contributed by atoms with E-state index < -0.39 is 29.8 Å². The Hall–Kier alpha value is 0.111. The molecule has 0 atom stereocenters. The molecule has 0 saturated heterocycles. The SMILES string of the molecule is COC(=O)c1cccc([B-](F)(F)F)c1F.[K+]. The van der Waals surface area contributed by atoms with Crippen molar-refractivity contribution < 1.29 is 78.3 Å². The molecule has 0 bridgehead atoms. The molecule has 0 unspecified atom stereocenters. The van der Waals surface area contributed by atoms with Crippen LogP contribution >= 0.6 is 0 Å². The van der Waals surface area contributed by atoms with Crippen molar-refractivity contribution in [2.24, 2.45) is 0 Å². The minimum absolute atomic E-state index is 0. The molecule has 0 aliphatic heterocycles. The van der Waals surface area contributed by atoms with Gasteiger partial charge in [0.15, 0.2) is 0 Å². The van der Waals surface area contributed by atoms with E-state index in [0.717, 1.165) is 19.2 Å². The zero-order chi connectivity index (χ0) is 11.6. The van der Waals surface area contributed by atoms with Gasteiger partial charge in [0.05, 0.1) is 12.7 Å². The third-order valence-electron chi connectivity index (χ3n) is 1.79. The first-order chi connectivity index (χ1) is 6.88. The summed E-state index contributed by atoms with van der Waals surface area (Å²) in [7, 11) is 0.965. The van der Waals surface area contributed by atoms with Gasteiger partial charge < -0.3 is 17.7 Å². The van der Waals surface area contributed by atoms with Crippen LogP contribution in [0, 0.1) is 5.82 Å². The molecular formula is C8H6BF4KO2. The normalized spacial score (nSPS) is 10.6. The Morgan fingerprint density at radius 1 is 1.31 bits per heavy atom. The topological polar surface area (TPSA) is 26.3 Å². The van der Waals surface area contributed by atoms with E-state index in [1.54, 1.807) is 0 Å². The Bertz CT molecular complexity index is 394. The summed E-state index contributed by atoms with van der Waals surface area (Å²) in [6.07, 6.45) is 0. The molecule has 0 N–H and O–H groups in total. The summed E-state index contributed by atoms with van der Waals surface area (Å²) in [5, 5.41) is 0. The number of ether oxygens (including phenoxy) is 1. The number of carbonyl (C=O) groups excluding carboxylic acids is 1. The van der Waals surface area contributed by atoms with E-state index in [1.807, 2.05) is 0 Å². The molecule has 0 fully saturated rings. The number of hydrogen-bond acceptors (Lipinski definition) is 2. The minimum atomic E-state index is -5.47. The minimum Gasteiger partial charge on any atom is -0.465 e. The van der Waals surface area contributed by atoms with Crippen molar-refractivity contribution in [2.45, 2.75) is 0 Å². The van der Waals surface area contributed by atoms with Crippen molar-refractivity contribution in [1.29, 1.82) is 0 Å². The van der Waals surface area contributed by atoms with Crippen molar-refractivity contribution in [3.63, 3.8) is 0 Å². The molecule has 1 aromatic rings. The van der Waals surface area contributed by atoms with E-state index in [2.05, 4.69) is 4.74 Å². The number of methoxy groups -OCH3 is 1. The molecule has 8 heteroatoms. The van der Waals surface area contributed by atoms with Crippen LogP contribution in [0.15, 0.2) is 18.2 Å².